The van der Waals surface area contributed by atoms with Crippen LogP contribution in [0.3, 0.4) is 0 Å². The Balaban J connectivity index is 1.50. The van der Waals surface area contributed by atoms with E-state index >= 15 is 0 Å². The Kier molecular flexibility index (Phi) is 7.89. The molecule has 0 bridgehead atoms. The van der Waals surface area contributed by atoms with Gasteiger partial charge in [0.25, 0.3) is 11.1 Å². The van der Waals surface area contributed by atoms with Crippen molar-refractivity contribution >= 4 is 17.7 Å². The summed E-state index contributed by atoms with van der Waals surface area (Å²) >= 11 is 1.76. The number of anilines is 1. The molecule has 0 aliphatic rings. The van der Waals surface area contributed by atoms with E-state index in [4.69, 9.17) is 0 Å². The highest BCUT2D eigenvalue weighted by atomic mass is 32.2. The largest absolute Gasteiger partial charge is 0.355 e. The van der Waals surface area contributed by atoms with E-state index in [1.807, 2.05) is 13.0 Å². The first-order valence-electron chi connectivity index (χ1n) is 10.1. The smallest absolute Gasteiger partial charge is 0.255 e. The number of aryl methyl sites for hydroxylation is 2. The molecule has 30 heavy (non-hydrogen) atoms. The number of aromatic amines is 2. The van der Waals surface area contributed by atoms with Crippen LogP contribution in [-0.4, -0.2) is 36.8 Å². The van der Waals surface area contributed by atoms with Crippen molar-refractivity contribution in [3.63, 3.8) is 0 Å². The third-order valence-corrected chi connectivity index (χ3v) is 5.76. The lowest BCUT2D eigenvalue weighted by molar-refractivity contribution is 0.612. The molecule has 0 aliphatic heterocycles. The van der Waals surface area contributed by atoms with Crippen LogP contribution in [0, 0.1) is 6.92 Å². The third-order valence-electron chi connectivity index (χ3n) is 4.79. The molecule has 3 aromatic rings. The van der Waals surface area contributed by atoms with E-state index < -0.39 is 0 Å². The fourth-order valence-corrected chi connectivity index (χ4v) is 3.85. The Morgan fingerprint density at radius 3 is 2.83 bits per heavy atom. The summed E-state index contributed by atoms with van der Waals surface area (Å²) in [7, 11) is 0. The monoisotopic (exact) mass is 428 g/mol. The minimum atomic E-state index is -0.192. The maximum absolute atomic E-state index is 12.4. The van der Waals surface area contributed by atoms with Gasteiger partial charge in [-0.15, -0.1) is 0 Å². The zero-order valence-electron chi connectivity index (χ0n) is 17.4. The van der Waals surface area contributed by atoms with Gasteiger partial charge in [0.1, 0.15) is 0 Å². The molecule has 0 radical (unpaired) electrons. The molecule has 3 rings (SSSR count). The van der Waals surface area contributed by atoms with Crippen LogP contribution in [0.1, 0.15) is 42.3 Å². The number of thioether (sulfide) groups is 1. The number of nitrogens with zero attached hydrogens (tertiary/aromatic N) is 3. The van der Waals surface area contributed by atoms with Crippen LogP contribution in [0.4, 0.5) is 5.95 Å². The van der Waals surface area contributed by atoms with Crippen molar-refractivity contribution in [3.05, 3.63) is 74.1 Å². The molecular formula is C21H28N6O2S. The van der Waals surface area contributed by atoms with E-state index in [2.05, 4.69) is 32.2 Å². The second kappa shape index (κ2) is 10.8. The summed E-state index contributed by atoms with van der Waals surface area (Å²) in [6.45, 7) is 5.51. The van der Waals surface area contributed by atoms with Crippen LogP contribution in [0.25, 0.3) is 0 Å². The van der Waals surface area contributed by atoms with Crippen molar-refractivity contribution in [1.82, 2.24) is 24.5 Å². The van der Waals surface area contributed by atoms with E-state index in [9.17, 15) is 9.59 Å². The lowest BCUT2D eigenvalue weighted by Crippen LogP contribution is -2.21. The number of imidazole rings is 1. The molecule has 3 N–H and O–H groups in total. The number of nitrogens with one attached hydrogen (secondary N) is 3. The summed E-state index contributed by atoms with van der Waals surface area (Å²) in [4.78, 5) is 39.0. The van der Waals surface area contributed by atoms with Crippen molar-refractivity contribution < 1.29 is 0 Å². The second-order valence-electron chi connectivity index (χ2n) is 7.14. The highest BCUT2D eigenvalue weighted by Gasteiger charge is 2.06. The number of rotatable bonds is 11. The molecule has 0 amide bonds. The second-order valence-corrected chi connectivity index (χ2v) is 8.24. The maximum atomic E-state index is 12.4. The first-order chi connectivity index (χ1) is 14.6. The normalized spacial score (nSPS) is 11.0. The topological polar surface area (TPSA) is 108 Å². The number of hydrogen-bond donors (Lipinski definition) is 3. The summed E-state index contributed by atoms with van der Waals surface area (Å²) in [6, 6.07) is 3.49. The van der Waals surface area contributed by atoms with E-state index in [0.717, 1.165) is 47.8 Å². The van der Waals surface area contributed by atoms with Crippen molar-refractivity contribution in [3.8, 4) is 0 Å². The van der Waals surface area contributed by atoms with Gasteiger partial charge in [0.15, 0.2) is 0 Å². The highest BCUT2D eigenvalue weighted by Crippen LogP contribution is 2.12. The summed E-state index contributed by atoms with van der Waals surface area (Å²) < 4.78 is 1.70. The molecule has 0 atom stereocenters. The molecule has 0 saturated heterocycles. The molecule has 8 nitrogen and oxygen atoms in total. The number of hydrogen-bond acceptors (Lipinski definition) is 6. The standard InChI is InChI=1S/C21H28N6O2S/c1-3-4-7-27-8-5-16(11-19(27)28)10-17-12-23-21(26-20(17)29)22-6-9-30-13-18-15(2)24-14-25-18/h5,8,11-12,14H,3-4,6-7,9-10,13H2,1-2H3,(H,24,25)(H2,22,23,26,29). The minimum Gasteiger partial charge on any atom is -0.355 e. The molecule has 0 spiro atoms. The van der Waals surface area contributed by atoms with Crippen LogP contribution in [-0.2, 0) is 18.7 Å². The summed E-state index contributed by atoms with van der Waals surface area (Å²) in [5.41, 5.74) is 3.28. The van der Waals surface area contributed by atoms with Gasteiger partial charge >= 0.3 is 0 Å². The Morgan fingerprint density at radius 1 is 1.27 bits per heavy atom. The first-order valence-corrected chi connectivity index (χ1v) is 11.3. The number of unbranched alkanes of at least 4 members (excludes halogenated alkanes) is 1. The molecule has 9 heteroatoms. The molecule has 3 aromatic heterocycles. The van der Waals surface area contributed by atoms with Gasteiger partial charge in [-0.3, -0.25) is 14.6 Å². The predicted octanol–water partition coefficient (Wildman–Crippen LogP) is 2.70. The number of H-pyrrole nitrogens is 2. The molecular weight excluding hydrogens is 400 g/mol. The summed E-state index contributed by atoms with van der Waals surface area (Å²) in [5.74, 6) is 2.17. The van der Waals surface area contributed by atoms with E-state index in [1.165, 1.54) is 0 Å². The summed E-state index contributed by atoms with van der Waals surface area (Å²) in [6.07, 6.45) is 7.47. The minimum absolute atomic E-state index is 0.0360. The average Bonchev–Trinajstić information content (AvgIpc) is 3.14. The van der Waals surface area contributed by atoms with Crippen molar-refractivity contribution in [2.24, 2.45) is 0 Å². The lowest BCUT2D eigenvalue weighted by atomic mass is 10.1. The van der Waals surface area contributed by atoms with E-state index in [0.29, 0.717) is 24.5 Å². The number of pyridine rings is 1. The van der Waals surface area contributed by atoms with Gasteiger partial charge in [-0.05, 0) is 25.0 Å². The van der Waals surface area contributed by atoms with Crippen molar-refractivity contribution in [1.29, 1.82) is 0 Å². The van der Waals surface area contributed by atoms with Gasteiger partial charge < -0.3 is 14.9 Å². The molecule has 3 heterocycles. The summed E-state index contributed by atoms with van der Waals surface area (Å²) in [5, 5.41) is 3.14. The highest BCUT2D eigenvalue weighted by molar-refractivity contribution is 7.98. The van der Waals surface area contributed by atoms with Gasteiger partial charge in [-0.25, -0.2) is 9.97 Å². The van der Waals surface area contributed by atoms with Crippen LogP contribution < -0.4 is 16.4 Å². The van der Waals surface area contributed by atoms with Crippen LogP contribution in [0.2, 0.25) is 0 Å². The molecule has 0 fully saturated rings. The van der Waals surface area contributed by atoms with Crippen LogP contribution in [0.15, 0.2) is 40.4 Å². The van der Waals surface area contributed by atoms with Crippen molar-refractivity contribution in [2.75, 3.05) is 17.6 Å². The maximum Gasteiger partial charge on any atom is 0.255 e. The zero-order valence-corrected chi connectivity index (χ0v) is 18.2. The Bertz CT molecular complexity index is 1070. The van der Waals surface area contributed by atoms with Gasteiger partial charge in [-0.2, -0.15) is 11.8 Å². The van der Waals surface area contributed by atoms with Crippen LogP contribution in [0.5, 0.6) is 0 Å². The molecule has 0 saturated carbocycles. The van der Waals surface area contributed by atoms with Crippen molar-refractivity contribution in [2.45, 2.75) is 45.4 Å². The van der Waals surface area contributed by atoms with E-state index in [-0.39, 0.29) is 11.1 Å². The fraction of sp³-hybridized carbons (Fsp3) is 0.429. The SMILES string of the molecule is CCCCn1ccc(Cc2cnc(NCCSCc3nc[nH]c3C)[nH]c2=O)cc1=O. The predicted molar refractivity (Wildman–Crippen MR) is 121 cm³/mol. The Labute approximate surface area is 179 Å². The lowest BCUT2D eigenvalue weighted by Gasteiger charge is -2.08. The van der Waals surface area contributed by atoms with Gasteiger partial charge in [0, 0.05) is 60.7 Å². The number of aromatic nitrogens is 5. The fourth-order valence-electron chi connectivity index (χ4n) is 2.97. The quantitative estimate of drug-likeness (QED) is 0.405. The van der Waals surface area contributed by atoms with E-state index in [1.54, 1.807) is 41.1 Å². The zero-order chi connectivity index (χ0) is 21.3. The molecule has 160 valence electrons. The molecule has 0 unspecified atom stereocenters. The molecule has 0 aliphatic carbocycles. The van der Waals surface area contributed by atoms with Gasteiger partial charge in [0.05, 0.1) is 12.0 Å². The average molecular weight is 429 g/mol. The Morgan fingerprint density at radius 2 is 2.13 bits per heavy atom. The van der Waals surface area contributed by atoms with Crippen LogP contribution >= 0.6 is 11.8 Å². The van der Waals surface area contributed by atoms with Gasteiger partial charge in [0.2, 0.25) is 5.95 Å². The van der Waals surface area contributed by atoms with Gasteiger partial charge in [-0.1, -0.05) is 13.3 Å². The Hall–Kier alpha value is -2.81. The third kappa shape index (κ3) is 6.09. The molecule has 0 aromatic carbocycles. The first kappa shape index (κ1) is 21.9.